The van der Waals surface area contributed by atoms with Gasteiger partial charge in [-0.05, 0) is 24.6 Å². The first-order valence-electron chi connectivity index (χ1n) is 4.27. The predicted octanol–water partition coefficient (Wildman–Crippen LogP) is 1.67. The molecular formula is C10H11NO2. The van der Waals surface area contributed by atoms with E-state index in [1.165, 1.54) is 0 Å². The summed E-state index contributed by atoms with van der Waals surface area (Å²) in [5.74, 6) is 0. The van der Waals surface area contributed by atoms with E-state index in [0.29, 0.717) is 6.42 Å². The molecule has 13 heavy (non-hydrogen) atoms. The van der Waals surface area contributed by atoms with Crippen LogP contribution in [0.2, 0.25) is 0 Å². The van der Waals surface area contributed by atoms with Gasteiger partial charge in [-0.15, -0.1) is 0 Å². The van der Waals surface area contributed by atoms with Crippen LogP contribution in [0.25, 0.3) is 11.0 Å². The summed E-state index contributed by atoms with van der Waals surface area (Å²) < 4.78 is 5.12. The van der Waals surface area contributed by atoms with Crippen molar-refractivity contribution in [2.45, 2.75) is 13.3 Å². The number of aromatic nitrogens is 1. The van der Waals surface area contributed by atoms with Crippen molar-refractivity contribution in [3.63, 3.8) is 0 Å². The Hall–Kier alpha value is -1.35. The second-order valence-electron chi connectivity index (χ2n) is 3.10. The standard InChI is InChI=1S/C10H11NO2/c1-7-2-3-8-9(4-5-12)11-13-10(8)6-7/h2-3,6,12H,4-5H2,1H3. The van der Waals surface area contributed by atoms with Crippen molar-refractivity contribution in [2.24, 2.45) is 0 Å². The highest BCUT2D eigenvalue weighted by atomic mass is 16.5. The minimum Gasteiger partial charge on any atom is -0.396 e. The fraction of sp³-hybridized carbons (Fsp3) is 0.300. The van der Waals surface area contributed by atoms with Gasteiger partial charge in [0.25, 0.3) is 0 Å². The third-order valence-electron chi connectivity index (χ3n) is 2.05. The quantitative estimate of drug-likeness (QED) is 0.759. The highest BCUT2D eigenvalue weighted by Crippen LogP contribution is 2.19. The van der Waals surface area contributed by atoms with E-state index in [1.807, 2.05) is 25.1 Å². The van der Waals surface area contributed by atoms with Gasteiger partial charge in [-0.25, -0.2) is 0 Å². The van der Waals surface area contributed by atoms with Crippen molar-refractivity contribution in [2.75, 3.05) is 6.61 Å². The van der Waals surface area contributed by atoms with E-state index in [-0.39, 0.29) is 6.61 Å². The van der Waals surface area contributed by atoms with Crippen molar-refractivity contribution in [1.82, 2.24) is 5.16 Å². The molecule has 3 nitrogen and oxygen atoms in total. The maximum atomic E-state index is 8.77. The topological polar surface area (TPSA) is 46.3 Å². The molecule has 0 spiro atoms. The van der Waals surface area contributed by atoms with Crippen LogP contribution in [0, 0.1) is 6.92 Å². The van der Waals surface area contributed by atoms with Crippen molar-refractivity contribution in [3.05, 3.63) is 29.5 Å². The molecule has 0 unspecified atom stereocenters. The minimum absolute atomic E-state index is 0.107. The van der Waals surface area contributed by atoms with Crippen LogP contribution in [0.3, 0.4) is 0 Å². The molecule has 1 aromatic carbocycles. The van der Waals surface area contributed by atoms with Crippen LogP contribution in [0.4, 0.5) is 0 Å². The molecule has 0 radical (unpaired) electrons. The Morgan fingerprint density at radius 1 is 1.46 bits per heavy atom. The normalized spacial score (nSPS) is 10.9. The van der Waals surface area contributed by atoms with Gasteiger partial charge >= 0.3 is 0 Å². The molecule has 2 aromatic rings. The summed E-state index contributed by atoms with van der Waals surface area (Å²) in [6, 6.07) is 5.94. The van der Waals surface area contributed by atoms with Gasteiger partial charge in [-0.1, -0.05) is 11.2 Å². The van der Waals surface area contributed by atoms with E-state index in [4.69, 9.17) is 9.63 Å². The lowest BCUT2D eigenvalue weighted by Crippen LogP contribution is -1.90. The second-order valence-corrected chi connectivity index (χ2v) is 3.10. The monoisotopic (exact) mass is 177 g/mol. The van der Waals surface area contributed by atoms with Gasteiger partial charge in [0.15, 0.2) is 5.58 Å². The lowest BCUT2D eigenvalue weighted by Gasteiger charge is -1.92. The lowest BCUT2D eigenvalue weighted by molar-refractivity contribution is 0.295. The summed E-state index contributed by atoms with van der Waals surface area (Å²) in [7, 11) is 0. The number of aliphatic hydroxyl groups excluding tert-OH is 1. The Morgan fingerprint density at radius 3 is 3.08 bits per heavy atom. The molecule has 1 N–H and O–H groups in total. The Bertz CT molecular complexity index is 420. The van der Waals surface area contributed by atoms with Gasteiger partial charge in [0, 0.05) is 18.4 Å². The molecule has 0 fully saturated rings. The lowest BCUT2D eigenvalue weighted by atomic mass is 10.1. The van der Waals surface area contributed by atoms with Gasteiger partial charge in [0.05, 0.1) is 5.69 Å². The van der Waals surface area contributed by atoms with Gasteiger partial charge < -0.3 is 9.63 Å². The van der Waals surface area contributed by atoms with Crippen molar-refractivity contribution >= 4 is 11.0 Å². The molecular weight excluding hydrogens is 166 g/mol. The molecule has 0 saturated carbocycles. The van der Waals surface area contributed by atoms with Crippen LogP contribution in [-0.2, 0) is 6.42 Å². The average Bonchev–Trinajstić information content (AvgIpc) is 2.49. The van der Waals surface area contributed by atoms with Crippen LogP contribution in [0.5, 0.6) is 0 Å². The van der Waals surface area contributed by atoms with E-state index in [1.54, 1.807) is 0 Å². The van der Waals surface area contributed by atoms with Crippen molar-refractivity contribution in [1.29, 1.82) is 0 Å². The number of hydrogen-bond acceptors (Lipinski definition) is 3. The van der Waals surface area contributed by atoms with Gasteiger partial charge in [0.2, 0.25) is 0 Å². The number of hydrogen-bond donors (Lipinski definition) is 1. The van der Waals surface area contributed by atoms with E-state index in [9.17, 15) is 0 Å². The zero-order valence-corrected chi connectivity index (χ0v) is 7.45. The smallest absolute Gasteiger partial charge is 0.167 e. The van der Waals surface area contributed by atoms with E-state index in [0.717, 1.165) is 22.2 Å². The maximum Gasteiger partial charge on any atom is 0.167 e. The van der Waals surface area contributed by atoms with E-state index >= 15 is 0 Å². The number of fused-ring (bicyclic) bond motifs is 1. The number of aryl methyl sites for hydroxylation is 1. The third kappa shape index (κ3) is 1.42. The average molecular weight is 177 g/mol. The van der Waals surface area contributed by atoms with E-state index < -0.39 is 0 Å². The van der Waals surface area contributed by atoms with Crippen LogP contribution in [0.15, 0.2) is 22.7 Å². The fourth-order valence-corrected chi connectivity index (χ4v) is 1.38. The summed E-state index contributed by atoms with van der Waals surface area (Å²) in [5, 5.41) is 13.7. The fourth-order valence-electron chi connectivity index (χ4n) is 1.38. The largest absolute Gasteiger partial charge is 0.396 e. The van der Waals surface area contributed by atoms with Crippen LogP contribution < -0.4 is 0 Å². The number of benzene rings is 1. The Labute approximate surface area is 76.0 Å². The second kappa shape index (κ2) is 3.18. The summed E-state index contributed by atoms with van der Waals surface area (Å²) in [6.07, 6.45) is 0.552. The van der Waals surface area contributed by atoms with Crippen LogP contribution in [0.1, 0.15) is 11.3 Å². The summed E-state index contributed by atoms with van der Waals surface area (Å²) in [6.45, 7) is 2.11. The third-order valence-corrected chi connectivity index (χ3v) is 2.05. The first-order valence-corrected chi connectivity index (χ1v) is 4.27. The molecule has 0 aliphatic rings. The van der Waals surface area contributed by atoms with E-state index in [2.05, 4.69) is 5.16 Å². The molecule has 2 rings (SSSR count). The number of aliphatic hydroxyl groups is 1. The first-order chi connectivity index (χ1) is 6.31. The SMILES string of the molecule is Cc1ccc2c(CCO)noc2c1. The summed E-state index contributed by atoms with van der Waals surface area (Å²) >= 11 is 0. The molecule has 1 heterocycles. The molecule has 68 valence electrons. The zero-order chi connectivity index (χ0) is 9.26. The summed E-state index contributed by atoms with van der Waals surface area (Å²) in [5.41, 5.74) is 2.78. The highest BCUT2D eigenvalue weighted by Gasteiger charge is 2.06. The molecule has 0 amide bonds. The highest BCUT2D eigenvalue weighted by molar-refractivity contribution is 5.79. The number of nitrogens with zero attached hydrogens (tertiary/aromatic N) is 1. The molecule has 0 aliphatic heterocycles. The zero-order valence-electron chi connectivity index (χ0n) is 7.45. The molecule has 0 saturated heterocycles. The van der Waals surface area contributed by atoms with Crippen molar-refractivity contribution in [3.8, 4) is 0 Å². The summed E-state index contributed by atoms with van der Waals surface area (Å²) in [4.78, 5) is 0. The first kappa shape index (κ1) is 8.26. The Kier molecular flexibility index (Phi) is 2.02. The Morgan fingerprint density at radius 2 is 2.31 bits per heavy atom. The van der Waals surface area contributed by atoms with Crippen LogP contribution >= 0.6 is 0 Å². The molecule has 0 aliphatic carbocycles. The van der Waals surface area contributed by atoms with Gasteiger partial charge in [0.1, 0.15) is 0 Å². The molecule has 0 bridgehead atoms. The predicted molar refractivity (Wildman–Crippen MR) is 49.5 cm³/mol. The molecule has 3 heteroatoms. The van der Waals surface area contributed by atoms with Gasteiger partial charge in [-0.3, -0.25) is 0 Å². The molecule has 1 aromatic heterocycles. The van der Waals surface area contributed by atoms with Crippen LogP contribution in [-0.4, -0.2) is 16.9 Å². The maximum absolute atomic E-state index is 8.77. The Balaban J connectivity index is 2.55. The van der Waals surface area contributed by atoms with Crippen molar-refractivity contribution < 1.29 is 9.63 Å². The minimum atomic E-state index is 0.107. The number of rotatable bonds is 2. The van der Waals surface area contributed by atoms with Gasteiger partial charge in [-0.2, -0.15) is 0 Å². The molecule has 0 atom stereocenters.